The van der Waals surface area contributed by atoms with Crippen molar-refractivity contribution in [3.05, 3.63) is 35.5 Å². The summed E-state index contributed by atoms with van der Waals surface area (Å²) in [6.45, 7) is 0.488. The summed E-state index contributed by atoms with van der Waals surface area (Å²) in [7, 11) is 0. The van der Waals surface area contributed by atoms with Crippen molar-refractivity contribution >= 4 is 5.90 Å². The summed E-state index contributed by atoms with van der Waals surface area (Å²) >= 11 is 0. The van der Waals surface area contributed by atoms with Gasteiger partial charge in [-0.25, -0.2) is 4.39 Å². The Balaban J connectivity index is 1.75. The number of hydrogen-bond acceptors (Lipinski definition) is 6. The third-order valence-corrected chi connectivity index (χ3v) is 2.92. The lowest BCUT2D eigenvalue weighted by molar-refractivity contribution is -0.159. The first-order valence-corrected chi connectivity index (χ1v) is 6.45. The van der Waals surface area contributed by atoms with Crippen molar-refractivity contribution in [2.45, 2.75) is 19.2 Å². The summed E-state index contributed by atoms with van der Waals surface area (Å²) in [5.41, 5.74) is 0.273. The molecule has 0 aliphatic carbocycles. The molecule has 0 unspecified atom stereocenters. The average molecular weight is 331 g/mol. The number of nitrogens with zero attached hydrogens (tertiary/aromatic N) is 3. The van der Waals surface area contributed by atoms with Crippen LogP contribution in [0.1, 0.15) is 17.9 Å². The molecule has 10 heteroatoms. The molecule has 0 N–H and O–H groups in total. The number of hydrogen-bond donors (Lipinski definition) is 0. The number of halogens is 4. The molecule has 122 valence electrons. The minimum atomic E-state index is -4.78. The molecular formula is C13H9F4N3O3. The molecule has 3 rings (SSSR count). The van der Waals surface area contributed by atoms with Crippen LogP contribution < -0.4 is 0 Å². The lowest BCUT2D eigenvalue weighted by atomic mass is 10.1. The fourth-order valence-corrected chi connectivity index (χ4v) is 1.84. The summed E-state index contributed by atoms with van der Waals surface area (Å²) in [6, 6.07) is 3.86. The van der Waals surface area contributed by atoms with E-state index in [1.807, 2.05) is 0 Å². The molecule has 2 heterocycles. The van der Waals surface area contributed by atoms with E-state index in [-0.39, 0.29) is 12.2 Å². The second-order valence-electron chi connectivity index (χ2n) is 4.59. The van der Waals surface area contributed by atoms with E-state index in [1.54, 1.807) is 0 Å². The van der Waals surface area contributed by atoms with Crippen LogP contribution in [0.15, 0.2) is 27.9 Å². The lowest BCUT2D eigenvalue weighted by Crippen LogP contribution is -2.05. The van der Waals surface area contributed by atoms with Crippen LogP contribution in [0, 0.1) is 5.82 Å². The van der Waals surface area contributed by atoms with Gasteiger partial charge in [0, 0.05) is 0 Å². The zero-order valence-electron chi connectivity index (χ0n) is 11.4. The monoisotopic (exact) mass is 331 g/mol. The van der Waals surface area contributed by atoms with E-state index in [0.29, 0.717) is 24.5 Å². The van der Waals surface area contributed by atoms with Crippen molar-refractivity contribution in [2.75, 3.05) is 6.61 Å². The lowest BCUT2D eigenvalue weighted by Gasteiger charge is -2.05. The first kappa shape index (κ1) is 15.3. The molecule has 23 heavy (non-hydrogen) atoms. The Hall–Kier alpha value is -2.65. The molecule has 1 aliphatic rings. The topological polar surface area (TPSA) is 69.7 Å². The van der Waals surface area contributed by atoms with Crippen molar-refractivity contribution in [2.24, 2.45) is 5.16 Å². The summed E-state index contributed by atoms with van der Waals surface area (Å²) < 4.78 is 60.6. The summed E-state index contributed by atoms with van der Waals surface area (Å²) in [6.07, 6.45) is -4.25. The van der Waals surface area contributed by atoms with Gasteiger partial charge in [-0.3, -0.25) is 0 Å². The summed E-state index contributed by atoms with van der Waals surface area (Å²) in [4.78, 5) is 7.89. The third-order valence-electron chi connectivity index (χ3n) is 2.92. The van der Waals surface area contributed by atoms with E-state index in [1.165, 1.54) is 12.1 Å². The smallest absolute Gasteiger partial charge is 0.471 e. The molecule has 2 aromatic rings. The third kappa shape index (κ3) is 3.41. The van der Waals surface area contributed by atoms with Crippen LogP contribution in [0.5, 0.6) is 0 Å². The van der Waals surface area contributed by atoms with Gasteiger partial charge in [-0.15, -0.1) is 0 Å². The van der Waals surface area contributed by atoms with Crippen molar-refractivity contribution in [1.82, 2.24) is 10.1 Å². The average Bonchev–Trinajstić information content (AvgIpc) is 3.16. The van der Waals surface area contributed by atoms with Crippen molar-refractivity contribution in [3.63, 3.8) is 0 Å². The molecule has 0 atom stereocenters. The maximum absolute atomic E-state index is 14.0. The van der Waals surface area contributed by atoms with Crippen LogP contribution >= 0.6 is 0 Å². The molecule has 0 spiro atoms. The minimum Gasteiger partial charge on any atom is -0.474 e. The zero-order valence-corrected chi connectivity index (χ0v) is 11.4. The first-order chi connectivity index (χ1) is 10.9. The SMILES string of the molecule is Fc1cc(COC2=NOCC2)ccc1-c1noc(C(F)(F)F)n1. The normalized spacial score (nSPS) is 14.5. The molecule has 1 aliphatic heterocycles. The van der Waals surface area contributed by atoms with Gasteiger partial charge in [0.05, 0.1) is 12.0 Å². The van der Waals surface area contributed by atoms with Crippen LogP contribution in [-0.2, 0) is 22.4 Å². The van der Waals surface area contributed by atoms with Gasteiger partial charge in [-0.2, -0.15) is 18.2 Å². The van der Waals surface area contributed by atoms with Gasteiger partial charge in [0.25, 0.3) is 0 Å². The standard InChI is InChI=1S/C13H9F4N3O3/c14-9-5-7(6-21-10-3-4-22-19-10)1-2-8(9)11-18-12(23-20-11)13(15,16)17/h1-2,5H,3-4,6H2. The molecule has 0 radical (unpaired) electrons. The van der Waals surface area contributed by atoms with Crippen LogP contribution in [0.4, 0.5) is 17.6 Å². The summed E-state index contributed by atoms with van der Waals surface area (Å²) in [5.74, 6) is -2.39. The van der Waals surface area contributed by atoms with E-state index in [0.717, 1.165) is 6.07 Å². The van der Waals surface area contributed by atoms with Crippen molar-refractivity contribution in [1.29, 1.82) is 0 Å². The van der Waals surface area contributed by atoms with Crippen LogP contribution in [-0.4, -0.2) is 22.6 Å². The van der Waals surface area contributed by atoms with Gasteiger partial charge in [-0.05, 0) is 17.7 Å². The maximum Gasteiger partial charge on any atom is 0.471 e. The van der Waals surface area contributed by atoms with E-state index in [2.05, 4.69) is 19.8 Å². The van der Waals surface area contributed by atoms with Crippen LogP contribution in [0.3, 0.4) is 0 Å². The Morgan fingerprint density at radius 3 is 2.70 bits per heavy atom. The Labute approximate surface area is 126 Å². The largest absolute Gasteiger partial charge is 0.474 e. The number of rotatable bonds is 3. The first-order valence-electron chi connectivity index (χ1n) is 6.45. The molecule has 1 aromatic heterocycles. The quantitative estimate of drug-likeness (QED) is 0.808. The molecule has 1 aromatic carbocycles. The van der Waals surface area contributed by atoms with E-state index in [9.17, 15) is 17.6 Å². The van der Waals surface area contributed by atoms with Gasteiger partial charge in [-0.1, -0.05) is 16.4 Å². The number of alkyl halides is 3. The highest BCUT2D eigenvalue weighted by atomic mass is 19.4. The van der Waals surface area contributed by atoms with Gasteiger partial charge >= 0.3 is 12.1 Å². The fraction of sp³-hybridized carbons (Fsp3) is 0.308. The highest BCUT2D eigenvalue weighted by Gasteiger charge is 2.38. The van der Waals surface area contributed by atoms with Gasteiger partial charge < -0.3 is 14.1 Å². The predicted molar refractivity (Wildman–Crippen MR) is 67.5 cm³/mol. The molecule has 6 nitrogen and oxygen atoms in total. The highest BCUT2D eigenvalue weighted by molar-refractivity contribution is 5.76. The van der Waals surface area contributed by atoms with Crippen molar-refractivity contribution in [3.8, 4) is 11.4 Å². The highest BCUT2D eigenvalue weighted by Crippen LogP contribution is 2.30. The Kier molecular flexibility index (Phi) is 3.89. The Morgan fingerprint density at radius 2 is 2.09 bits per heavy atom. The summed E-state index contributed by atoms with van der Waals surface area (Å²) in [5, 5.41) is 6.77. The predicted octanol–water partition coefficient (Wildman–Crippen LogP) is 3.14. The van der Waals surface area contributed by atoms with Crippen LogP contribution in [0.25, 0.3) is 11.4 Å². The van der Waals surface area contributed by atoms with E-state index >= 15 is 0 Å². The zero-order chi connectivity index (χ0) is 16.4. The fourth-order valence-electron chi connectivity index (χ4n) is 1.84. The second-order valence-corrected chi connectivity index (χ2v) is 4.59. The molecular weight excluding hydrogens is 322 g/mol. The maximum atomic E-state index is 14.0. The van der Waals surface area contributed by atoms with Gasteiger partial charge in [0.1, 0.15) is 19.0 Å². The minimum absolute atomic E-state index is 0.0550. The van der Waals surface area contributed by atoms with E-state index in [4.69, 9.17) is 9.57 Å². The van der Waals surface area contributed by atoms with Gasteiger partial charge in [0.2, 0.25) is 11.7 Å². The number of benzene rings is 1. The molecule has 0 fully saturated rings. The molecule has 0 saturated heterocycles. The molecule has 0 bridgehead atoms. The Bertz CT molecular complexity index is 742. The van der Waals surface area contributed by atoms with Crippen LogP contribution in [0.2, 0.25) is 0 Å². The molecule has 0 saturated carbocycles. The second kappa shape index (κ2) is 5.86. The van der Waals surface area contributed by atoms with Crippen molar-refractivity contribution < 1.29 is 31.7 Å². The van der Waals surface area contributed by atoms with Gasteiger partial charge in [0.15, 0.2) is 0 Å². The molecule has 0 amide bonds. The Morgan fingerprint density at radius 1 is 1.26 bits per heavy atom. The number of aromatic nitrogens is 2. The van der Waals surface area contributed by atoms with E-state index < -0.39 is 23.7 Å². The number of ether oxygens (including phenoxy) is 1. The number of oxime groups is 1.